The van der Waals surface area contributed by atoms with Crippen molar-refractivity contribution in [2.24, 2.45) is 0 Å². The highest BCUT2D eigenvalue weighted by molar-refractivity contribution is 5.84. The molecular weight excluding hydrogens is 460 g/mol. The van der Waals surface area contributed by atoms with E-state index in [0.717, 1.165) is 36.7 Å². The average molecular weight is 501 g/mol. The first-order valence-corrected chi connectivity index (χ1v) is 12.7. The monoisotopic (exact) mass is 500 g/mol. The van der Waals surface area contributed by atoms with E-state index in [2.05, 4.69) is 10.2 Å². The first-order valence-electron chi connectivity index (χ1n) is 12.7. The van der Waals surface area contributed by atoms with Crippen LogP contribution < -0.4 is 14.8 Å². The second kappa shape index (κ2) is 13.8. The summed E-state index contributed by atoms with van der Waals surface area (Å²) >= 11 is 0. The van der Waals surface area contributed by atoms with Crippen molar-refractivity contribution < 1.29 is 23.5 Å². The molecule has 9 nitrogen and oxygen atoms in total. The summed E-state index contributed by atoms with van der Waals surface area (Å²) < 4.78 is 16.5. The molecule has 36 heavy (non-hydrogen) atoms. The number of rotatable bonds is 13. The van der Waals surface area contributed by atoms with E-state index in [0.29, 0.717) is 44.1 Å². The summed E-state index contributed by atoms with van der Waals surface area (Å²) in [7, 11) is 3.21. The zero-order chi connectivity index (χ0) is 25.9. The maximum atomic E-state index is 13.5. The molecule has 1 N–H and O–H groups in total. The van der Waals surface area contributed by atoms with Gasteiger partial charge in [0.15, 0.2) is 11.5 Å². The van der Waals surface area contributed by atoms with E-state index in [-0.39, 0.29) is 18.5 Å². The van der Waals surface area contributed by atoms with Crippen LogP contribution in [-0.4, -0.2) is 86.7 Å². The number of hydrogen-bond acceptors (Lipinski definition) is 6. The van der Waals surface area contributed by atoms with Crippen LogP contribution in [0, 0.1) is 6.92 Å². The van der Waals surface area contributed by atoms with Gasteiger partial charge in [-0.25, -0.2) is 4.79 Å². The van der Waals surface area contributed by atoms with Gasteiger partial charge in [-0.2, -0.15) is 0 Å². The number of ether oxygens (including phenoxy) is 2. The zero-order valence-electron chi connectivity index (χ0n) is 22.0. The molecule has 2 heterocycles. The van der Waals surface area contributed by atoms with Crippen LogP contribution in [0.5, 0.6) is 11.5 Å². The van der Waals surface area contributed by atoms with E-state index in [4.69, 9.17) is 13.9 Å². The summed E-state index contributed by atoms with van der Waals surface area (Å²) in [4.78, 5) is 32.0. The largest absolute Gasteiger partial charge is 0.493 e. The Morgan fingerprint density at radius 3 is 2.42 bits per heavy atom. The molecule has 0 spiro atoms. The first kappa shape index (κ1) is 27.4. The minimum atomic E-state index is -0.210. The molecule has 1 aliphatic heterocycles. The SMILES string of the molecule is CCNC(=O)N(CCN1CCCC1)CC(=O)N(CCc1ccc(OC)c(OC)c1)Cc1ccc(C)o1. The smallest absolute Gasteiger partial charge is 0.317 e. The molecule has 1 aliphatic rings. The van der Waals surface area contributed by atoms with Gasteiger partial charge < -0.3 is 33.9 Å². The number of nitrogens with zero attached hydrogens (tertiary/aromatic N) is 3. The lowest BCUT2D eigenvalue weighted by Gasteiger charge is -2.28. The molecular formula is C27H40N4O5. The minimum absolute atomic E-state index is 0.0191. The van der Waals surface area contributed by atoms with Crippen molar-refractivity contribution in [2.45, 2.75) is 39.7 Å². The van der Waals surface area contributed by atoms with Gasteiger partial charge in [0.1, 0.15) is 18.1 Å². The van der Waals surface area contributed by atoms with Crippen LogP contribution in [0.15, 0.2) is 34.7 Å². The number of amides is 3. The Bertz CT molecular complexity index is 986. The van der Waals surface area contributed by atoms with Crippen LogP contribution in [0.1, 0.15) is 36.8 Å². The van der Waals surface area contributed by atoms with Gasteiger partial charge in [0.2, 0.25) is 5.91 Å². The number of urea groups is 1. The van der Waals surface area contributed by atoms with Crippen molar-refractivity contribution in [1.82, 2.24) is 20.0 Å². The highest BCUT2D eigenvalue weighted by Crippen LogP contribution is 2.27. The standard InChI is InChI=1S/C27H40N4O5/c1-5-28-27(33)31(17-16-29-13-6-7-14-29)20-26(32)30(19-23-10-8-21(2)36-23)15-12-22-9-11-24(34-3)25(18-22)35-4/h8-11,18H,5-7,12-17,19-20H2,1-4H3,(H,28,33). The van der Waals surface area contributed by atoms with E-state index in [1.165, 1.54) is 12.8 Å². The van der Waals surface area contributed by atoms with Gasteiger partial charge in [-0.3, -0.25) is 4.79 Å². The lowest BCUT2D eigenvalue weighted by Crippen LogP contribution is -2.49. The van der Waals surface area contributed by atoms with Crippen molar-refractivity contribution in [2.75, 3.05) is 60.0 Å². The number of carbonyl (C=O) groups excluding carboxylic acids is 2. The van der Waals surface area contributed by atoms with Crippen LogP contribution >= 0.6 is 0 Å². The maximum Gasteiger partial charge on any atom is 0.317 e. The Morgan fingerprint density at radius 1 is 1.03 bits per heavy atom. The molecule has 198 valence electrons. The molecule has 1 fully saturated rings. The van der Waals surface area contributed by atoms with Gasteiger partial charge in [-0.1, -0.05) is 6.07 Å². The number of aryl methyl sites for hydroxylation is 1. The van der Waals surface area contributed by atoms with Gasteiger partial charge in [0, 0.05) is 26.2 Å². The molecule has 1 aromatic heterocycles. The van der Waals surface area contributed by atoms with E-state index >= 15 is 0 Å². The third kappa shape index (κ3) is 7.91. The molecule has 1 aromatic carbocycles. The molecule has 2 aromatic rings. The van der Waals surface area contributed by atoms with E-state index in [9.17, 15) is 9.59 Å². The molecule has 0 radical (unpaired) electrons. The average Bonchev–Trinajstić information content (AvgIpc) is 3.55. The molecule has 0 aliphatic carbocycles. The van der Waals surface area contributed by atoms with Crippen LogP contribution in [0.2, 0.25) is 0 Å². The highest BCUT2D eigenvalue weighted by atomic mass is 16.5. The normalized spacial score (nSPS) is 13.4. The number of likely N-dealkylation sites (tertiary alicyclic amines) is 1. The number of benzene rings is 1. The fourth-order valence-corrected chi connectivity index (χ4v) is 4.40. The van der Waals surface area contributed by atoms with Crippen LogP contribution in [0.25, 0.3) is 0 Å². The predicted molar refractivity (Wildman–Crippen MR) is 138 cm³/mol. The van der Waals surface area contributed by atoms with E-state index in [1.54, 1.807) is 24.0 Å². The molecule has 0 saturated carbocycles. The number of carbonyl (C=O) groups is 2. The Hall–Kier alpha value is -3.20. The van der Waals surface area contributed by atoms with Crippen molar-refractivity contribution in [1.29, 1.82) is 0 Å². The van der Waals surface area contributed by atoms with Gasteiger partial charge in [0.05, 0.1) is 20.8 Å². The molecule has 0 unspecified atom stereocenters. The molecule has 0 bridgehead atoms. The van der Waals surface area contributed by atoms with Crippen LogP contribution in [0.3, 0.4) is 0 Å². The number of furan rings is 1. The lowest BCUT2D eigenvalue weighted by molar-refractivity contribution is -0.132. The molecule has 9 heteroatoms. The number of nitrogens with one attached hydrogen (secondary N) is 1. The predicted octanol–water partition coefficient (Wildman–Crippen LogP) is 3.30. The Labute approximate surface area is 214 Å². The van der Waals surface area contributed by atoms with Crippen LogP contribution in [-0.2, 0) is 17.8 Å². The molecule has 3 rings (SSSR count). The summed E-state index contributed by atoms with van der Waals surface area (Å²) in [6.45, 7) is 8.50. The zero-order valence-corrected chi connectivity index (χ0v) is 22.0. The first-order chi connectivity index (χ1) is 17.4. The van der Waals surface area contributed by atoms with Crippen molar-refractivity contribution in [3.8, 4) is 11.5 Å². The minimum Gasteiger partial charge on any atom is -0.493 e. The summed E-state index contributed by atoms with van der Waals surface area (Å²) in [5.74, 6) is 2.72. The van der Waals surface area contributed by atoms with Gasteiger partial charge in [0.25, 0.3) is 0 Å². The van der Waals surface area contributed by atoms with Gasteiger partial charge in [-0.15, -0.1) is 0 Å². The van der Waals surface area contributed by atoms with E-state index in [1.807, 2.05) is 44.2 Å². The summed E-state index contributed by atoms with van der Waals surface area (Å²) in [6.07, 6.45) is 3.00. The van der Waals surface area contributed by atoms with Crippen LogP contribution in [0.4, 0.5) is 4.79 Å². The summed E-state index contributed by atoms with van der Waals surface area (Å²) in [6, 6.07) is 9.34. The topological polar surface area (TPSA) is 87.5 Å². The third-order valence-corrected chi connectivity index (χ3v) is 6.44. The van der Waals surface area contributed by atoms with Crippen molar-refractivity contribution in [3.63, 3.8) is 0 Å². The Balaban J connectivity index is 1.71. The second-order valence-electron chi connectivity index (χ2n) is 9.07. The fraction of sp³-hybridized carbons (Fsp3) is 0.556. The Kier molecular flexibility index (Phi) is 10.5. The van der Waals surface area contributed by atoms with E-state index < -0.39 is 0 Å². The third-order valence-electron chi connectivity index (χ3n) is 6.44. The lowest BCUT2D eigenvalue weighted by atomic mass is 10.1. The number of methoxy groups -OCH3 is 2. The molecule has 1 saturated heterocycles. The summed E-state index contributed by atoms with van der Waals surface area (Å²) in [5, 5.41) is 2.85. The van der Waals surface area contributed by atoms with Crippen molar-refractivity contribution in [3.05, 3.63) is 47.4 Å². The maximum absolute atomic E-state index is 13.5. The quantitative estimate of drug-likeness (QED) is 0.454. The Morgan fingerprint density at radius 2 is 1.78 bits per heavy atom. The van der Waals surface area contributed by atoms with Gasteiger partial charge >= 0.3 is 6.03 Å². The number of hydrogen-bond donors (Lipinski definition) is 1. The summed E-state index contributed by atoms with van der Waals surface area (Å²) in [5.41, 5.74) is 1.02. The molecule has 3 amide bonds. The highest BCUT2D eigenvalue weighted by Gasteiger charge is 2.23. The fourth-order valence-electron chi connectivity index (χ4n) is 4.40. The van der Waals surface area contributed by atoms with Crippen molar-refractivity contribution >= 4 is 11.9 Å². The second-order valence-corrected chi connectivity index (χ2v) is 9.07. The molecule has 0 atom stereocenters. The van der Waals surface area contributed by atoms with Gasteiger partial charge in [-0.05, 0) is 76.0 Å².